The molecule has 1 rings (SSSR count). The molecule has 0 aliphatic rings. The lowest BCUT2D eigenvalue weighted by Gasteiger charge is -2.29. The lowest BCUT2D eigenvalue weighted by Crippen LogP contribution is -2.36. The van der Waals surface area contributed by atoms with Crippen LogP contribution in [0.3, 0.4) is 0 Å². The molecule has 2 nitrogen and oxygen atoms in total. The maximum absolute atomic E-state index is 5.77. The van der Waals surface area contributed by atoms with E-state index in [4.69, 9.17) is 5.73 Å². The molecule has 0 heterocycles. The molecule has 1 aromatic rings. The number of rotatable bonds is 7. The van der Waals surface area contributed by atoms with Crippen molar-refractivity contribution in [1.29, 1.82) is 0 Å². The van der Waals surface area contributed by atoms with Crippen molar-refractivity contribution in [3.63, 3.8) is 0 Å². The number of hydrogen-bond acceptors (Lipinski definition) is 3. The van der Waals surface area contributed by atoms with Crippen molar-refractivity contribution in [2.24, 2.45) is 11.1 Å². The Hall–Kier alpha value is -0.510. The number of benzene rings is 1. The van der Waals surface area contributed by atoms with Crippen LogP contribution in [0.5, 0.6) is 0 Å². The van der Waals surface area contributed by atoms with Crippen LogP contribution in [0.2, 0.25) is 0 Å². The zero-order valence-electron chi connectivity index (χ0n) is 12.1. The molecule has 0 fully saturated rings. The van der Waals surface area contributed by atoms with E-state index < -0.39 is 0 Å². The van der Waals surface area contributed by atoms with Gasteiger partial charge in [0.15, 0.2) is 0 Å². The molecule has 0 amide bonds. The predicted molar refractivity (Wildman–Crippen MR) is 82.0 cm³/mol. The first kappa shape index (κ1) is 15.5. The van der Waals surface area contributed by atoms with E-state index in [1.165, 1.54) is 10.5 Å². The van der Waals surface area contributed by atoms with Crippen LogP contribution in [0.4, 0.5) is 0 Å². The van der Waals surface area contributed by atoms with Crippen LogP contribution < -0.4 is 5.73 Å². The third-order valence-corrected chi connectivity index (χ3v) is 3.83. The van der Waals surface area contributed by atoms with Crippen LogP contribution in [0.15, 0.2) is 29.2 Å². The second-order valence-electron chi connectivity index (χ2n) is 5.62. The summed E-state index contributed by atoms with van der Waals surface area (Å²) in [6.45, 7) is 9.34. The van der Waals surface area contributed by atoms with Gasteiger partial charge in [-0.05, 0) is 42.5 Å². The molecule has 0 unspecified atom stereocenters. The van der Waals surface area contributed by atoms with Gasteiger partial charge in [-0.1, -0.05) is 32.9 Å². The molecule has 0 saturated carbocycles. The van der Waals surface area contributed by atoms with Crippen molar-refractivity contribution in [2.45, 2.75) is 32.2 Å². The first-order valence-corrected chi connectivity index (χ1v) is 7.56. The van der Waals surface area contributed by atoms with Gasteiger partial charge in [-0.15, -0.1) is 11.8 Å². The summed E-state index contributed by atoms with van der Waals surface area (Å²) in [5.41, 5.74) is 7.33. The van der Waals surface area contributed by atoms with Gasteiger partial charge in [-0.2, -0.15) is 0 Å². The molecule has 0 atom stereocenters. The van der Waals surface area contributed by atoms with E-state index in [2.05, 4.69) is 57.0 Å². The summed E-state index contributed by atoms with van der Waals surface area (Å²) in [6.07, 6.45) is 0. The minimum absolute atomic E-state index is 0.187. The summed E-state index contributed by atoms with van der Waals surface area (Å²) in [5.74, 6) is 1.13. The van der Waals surface area contributed by atoms with Gasteiger partial charge in [0, 0.05) is 18.0 Å². The van der Waals surface area contributed by atoms with E-state index in [0.717, 1.165) is 25.4 Å². The number of nitrogens with zero attached hydrogens (tertiary/aromatic N) is 1. The summed E-state index contributed by atoms with van der Waals surface area (Å²) in [5, 5.41) is 0. The van der Waals surface area contributed by atoms with Crippen molar-refractivity contribution >= 4 is 11.8 Å². The molecule has 2 N–H and O–H groups in total. The summed E-state index contributed by atoms with van der Waals surface area (Å²) in [6, 6.07) is 8.88. The highest BCUT2D eigenvalue weighted by Gasteiger charge is 2.17. The maximum Gasteiger partial charge on any atom is 0.0230 e. The number of hydrogen-bond donors (Lipinski definition) is 1. The monoisotopic (exact) mass is 266 g/mol. The first-order chi connectivity index (χ1) is 8.46. The fraction of sp³-hybridized carbons (Fsp3) is 0.600. The smallest absolute Gasteiger partial charge is 0.0230 e. The Bertz CT molecular complexity index is 346. The Morgan fingerprint density at radius 1 is 1.22 bits per heavy atom. The molecular formula is C15H26N2S. The molecule has 3 heteroatoms. The Labute approximate surface area is 116 Å². The minimum atomic E-state index is 0.187. The lowest BCUT2D eigenvalue weighted by molar-refractivity contribution is 0.210. The van der Waals surface area contributed by atoms with Crippen LogP contribution in [-0.4, -0.2) is 30.8 Å². The molecule has 0 aromatic heterocycles. The fourth-order valence-corrected chi connectivity index (χ4v) is 2.68. The minimum Gasteiger partial charge on any atom is -0.330 e. The molecule has 0 saturated heterocycles. The highest BCUT2D eigenvalue weighted by Crippen LogP contribution is 2.19. The fourth-order valence-electron chi connectivity index (χ4n) is 2.02. The Morgan fingerprint density at radius 3 is 2.33 bits per heavy atom. The zero-order valence-corrected chi connectivity index (χ0v) is 12.9. The van der Waals surface area contributed by atoms with E-state index >= 15 is 0 Å². The van der Waals surface area contributed by atoms with Crippen molar-refractivity contribution in [3.05, 3.63) is 29.8 Å². The third-order valence-electron chi connectivity index (χ3n) is 2.94. The summed E-state index contributed by atoms with van der Waals surface area (Å²) in [7, 11) is 2.16. The highest BCUT2D eigenvalue weighted by molar-refractivity contribution is 7.99. The molecule has 0 radical (unpaired) electrons. The van der Waals surface area contributed by atoms with Crippen molar-refractivity contribution < 1.29 is 0 Å². The maximum atomic E-state index is 5.77. The molecule has 0 aliphatic heterocycles. The van der Waals surface area contributed by atoms with Crippen molar-refractivity contribution in [1.82, 2.24) is 4.90 Å². The van der Waals surface area contributed by atoms with Gasteiger partial charge in [-0.3, -0.25) is 0 Å². The van der Waals surface area contributed by atoms with E-state index in [1.54, 1.807) is 0 Å². The van der Waals surface area contributed by atoms with Gasteiger partial charge < -0.3 is 10.6 Å². The predicted octanol–water partition coefficient (Wildman–Crippen LogP) is 3.22. The van der Waals surface area contributed by atoms with E-state index in [-0.39, 0.29) is 5.41 Å². The lowest BCUT2D eigenvalue weighted by atomic mass is 9.93. The quantitative estimate of drug-likeness (QED) is 0.768. The van der Waals surface area contributed by atoms with Gasteiger partial charge in [0.1, 0.15) is 0 Å². The Kier molecular flexibility index (Phi) is 6.19. The molecule has 102 valence electrons. The van der Waals surface area contributed by atoms with Crippen LogP contribution in [-0.2, 0) is 6.54 Å². The van der Waals surface area contributed by atoms with Crippen LogP contribution in [0, 0.1) is 5.41 Å². The van der Waals surface area contributed by atoms with E-state index in [0.29, 0.717) is 0 Å². The topological polar surface area (TPSA) is 29.3 Å². The van der Waals surface area contributed by atoms with Crippen molar-refractivity contribution in [2.75, 3.05) is 25.9 Å². The summed E-state index contributed by atoms with van der Waals surface area (Å²) in [4.78, 5) is 3.70. The first-order valence-electron chi connectivity index (χ1n) is 6.57. The van der Waals surface area contributed by atoms with Gasteiger partial charge in [0.05, 0.1) is 0 Å². The SMILES string of the molecule is CCSc1ccc(CN(C)CC(C)(C)CN)cc1. The normalized spacial score (nSPS) is 12.1. The molecule has 0 spiro atoms. The molecule has 18 heavy (non-hydrogen) atoms. The van der Waals surface area contributed by atoms with Crippen molar-refractivity contribution in [3.8, 4) is 0 Å². The standard InChI is InChI=1S/C15H26N2S/c1-5-18-14-8-6-13(7-9-14)10-17(4)12-15(2,3)11-16/h6-9H,5,10-12,16H2,1-4H3. The van der Waals surface area contributed by atoms with Gasteiger partial charge >= 0.3 is 0 Å². The zero-order chi connectivity index (χ0) is 13.6. The van der Waals surface area contributed by atoms with Gasteiger partial charge in [0.2, 0.25) is 0 Å². The van der Waals surface area contributed by atoms with Crippen LogP contribution in [0.25, 0.3) is 0 Å². The van der Waals surface area contributed by atoms with E-state index in [9.17, 15) is 0 Å². The molecule has 1 aromatic carbocycles. The number of nitrogens with two attached hydrogens (primary N) is 1. The number of thioether (sulfide) groups is 1. The second-order valence-corrected chi connectivity index (χ2v) is 6.96. The Balaban J connectivity index is 2.51. The van der Waals surface area contributed by atoms with E-state index in [1.807, 2.05) is 11.8 Å². The summed E-state index contributed by atoms with van der Waals surface area (Å²) >= 11 is 1.89. The summed E-state index contributed by atoms with van der Waals surface area (Å²) < 4.78 is 0. The van der Waals surface area contributed by atoms with Crippen LogP contribution in [0.1, 0.15) is 26.3 Å². The average Bonchev–Trinajstić information content (AvgIpc) is 2.31. The van der Waals surface area contributed by atoms with Gasteiger partial charge in [-0.25, -0.2) is 0 Å². The average molecular weight is 266 g/mol. The highest BCUT2D eigenvalue weighted by atomic mass is 32.2. The Morgan fingerprint density at radius 2 is 1.83 bits per heavy atom. The third kappa shape index (κ3) is 5.42. The largest absolute Gasteiger partial charge is 0.330 e. The van der Waals surface area contributed by atoms with Crippen LogP contribution >= 0.6 is 11.8 Å². The molecular weight excluding hydrogens is 240 g/mol. The molecule has 0 aliphatic carbocycles. The second kappa shape index (κ2) is 7.17. The molecule has 0 bridgehead atoms. The van der Waals surface area contributed by atoms with Gasteiger partial charge in [0.25, 0.3) is 0 Å².